The number of aliphatic hydroxyl groups is 1. The Bertz CT molecular complexity index is 389. The topological polar surface area (TPSA) is 80.4 Å². The van der Waals surface area contributed by atoms with Crippen LogP contribution in [-0.2, 0) is 0 Å². The van der Waals surface area contributed by atoms with Gasteiger partial charge in [0.05, 0.1) is 5.69 Å². The number of ether oxygens (including phenoxy) is 1. The monoisotopic (exact) mass is 267 g/mol. The number of anilines is 2. The molecule has 0 unspecified atom stereocenters. The molecule has 5 heteroatoms. The van der Waals surface area contributed by atoms with E-state index in [4.69, 9.17) is 15.6 Å². The molecule has 5 nitrogen and oxygen atoms in total. The molecule has 0 spiro atoms. The number of nitrogens with two attached hydrogens (primary N) is 1. The average Bonchev–Trinajstić information content (AvgIpc) is 2.31. The second-order valence-electron chi connectivity index (χ2n) is 5.52. The van der Waals surface area contributed by atoms with E-state index in [0.29, 0.717) is 11.6 Å². The Morgan fingerprint density at radius 1 is 1.26 bits per heavy atom. The lowest BCUT2D eigenvalue weighted by Gasteiger charge is -2.21. The molecule has 0 aliphatic rings. The minimum absolute atomic E-state index is 0.254. The summed E-state index contributed by atoms with van der Waals surface area (Å²) >= 11 is 0. The summed E-state index contributed by atoms with van der Waals surface area (Å²) in [5.74, 6) is 1.23. The summed E-state index contributed by atoms with van der Waals surface area (Å²) < 4.78 is 5.71. The third-order valence-electron chi connectivity index (χ3n) is 2.43. The van der Waals surface area contributed by atoms with Gasteiger partial charge in [-0.25, -0.2) is 0 Å². The summed E-state index contributed by atoms with van der Waals surface area (Å²) in [6.45, 7) is 6.96. The van der Waals surface area contributed by atoms with E-state index in [1.807, 2.05) is 26.8 Å². The fourth-order valence-corrected chi connectivity index (χ4v) is 1.55. The Hall–Kier alpha value is -1.49. The van der Waals surface area contributed by atoms with Crippen LogP contribution in [0.2, 0.25) is 0 Å². The molecule has 0 amide bonds. The molecule has 0 fully saturated rings. The molecule has 108 valence electrons. The molecule has 1 heterocycles. The van der Waals surface area contributed by atoms with Gasteiger partial charge >= 0.3 is 0 Å². The Labute approximate surface area is 115 Å². The number of nitrogens with one attached hydrogen (secondary N) is 1. The molecule has 0 bridgehead atoms. The van der Waals surface area contributed by atoms with Gasteiger partial charge in [0, 0.05) is 13.2 Å². The first kappa shape index (κ1) is 15.6. The highest BCUT2D eigenvalue weighted by Crippen LogP contribution is 2.24. The highest BCUT2D eigenvalue weighted by atomic mass is 16.5. The predicted molar refractivity (Wildman–Crippen MR) is 78.5 cm³/mol. The summed E-state index contributed by atoms with van der Waals surface area (Å²) in [5.41, 5.74) is 6.07. The number of aliphatic hydroxyl groups excluding tert-OH is 1. The Morgan fingerprint density at radius 3 is 2.63 bits per heavy atom. The molecule has 0 aliphatic heterocycles. The second-order valence-corrected chi connectivity index (χ2v) is 5.52. The lowest BCUT2D eigenvalue weighted by molar-refractivity contribution is 0.125. The molecule has 0 saturated carbocycles. The molecular formula is C14H25N3O2. The number of unbranched alkanes of at least 4 members (excludes halogenated alkanes) is 2. The maximum atomic E-state index is 8.69. The number of hydrogen-bond donors (Lipinski definition) is 3. The summed E-state index contributed by atoms with van der Waals surface area (Å²) in [4.78, 5) is 4.37. The van der Waals surface area contributed by atoms with Gasteiger partial charge in [-0.15, -0.1) is 0 Å². The van der Waals surface area contributed by atoms with Crippen molar-refractivity contribution in [3.05, 3.63) is 12.1 Å². The van der Waals surface area contributed by atoms with Crippen molar-refractivity contribution < 1.29 is 9.84 Å². The molecule has 1 aromatic heterocycles. The summed E-state index contributed by atoms with van der Waals surface area (Å²) in [6.07, 6.45) is 2.85. The lowest BCUT2D eigenvalue weighted by Crippen LogP contribution is -2.24. The van der Waals surface area contributed by atoms with Gasteiger partial charge in [-0.2, -0.15) is 4.98 Å². The fraction of sp³-hybridized carbons (Fsp3) is 0.643. The van der Waals surface area contributed by atoms with E-state index in [0.717, 1.165) is 31.6 Å². The largest absolute Gasteiger partial charge is 0.470 e. The number of pyridine rings is 1. The van der Waals surface area contributed by atoms with Crippen molar-refractivity contribution in [2.24, 2.45) is 0 Å². The van der Waals surface area contributed by atoms with E-state index < -0.39 is 0 Å². The van der Waals surface area contributed by atoms with Gasteiger partial charge in [-0.3, -0.25) is 0 Å². The van der Waals surface area contributed by atoms with Crippen molar-refractivity contribution in [1.29, 1.82) is 0 Å². The average molecular weight is 267 g/mol. The standard InChI is InChI=1S/C14H25N3O2/c1-14(2,3)19-13-11(15)7-8-12(17-13)16-9-5-4-6-10-18/h7-8,18H,4-6,9-10,15H2,1-3H3,(H,16,17). The quantitative estimate of drug-likeness (QED) is 0.661. The van der Waals surface area contributed by atoms with Crippen LogP contribution in [0.1, 0.15) is 40.0 Å². The second kappa shape index (κ2) is 7.19. The summed E-state index contributed by atoms with van der Waals surface area (Å²) in [6, 6.07) is 3.64. The van der Waals surface area contributed by atoms with E-state index in [9.17, 15) is 0 Å². The van der Waals surface area contributed by atoms with Gasteiger partial charge in [0.25, 0.3) is 0 Å². The van der Waals surface area contributed by atoms with Gasteiger partial charge in [0.2, 0.25) is 5.88 Å². The van der Waals surface area contributed by atoms with Crippen LogP contribution in [0.25, 0.3) is 0 Å². The molecule has 0 saturated heterocycles. The van der Waals surface area contributed by atoms with E-state index in [1.54, 1.807) is 6.07 Å². The van der Waals surface area contributed by atoms with Crippen LogP contribution in [0.15, 0.2) is 12.1 Å². The lowest BCUT2D eigenvalue weighted by atomic mass is 10.2. The number of nitrogens with zero attached hydrogens (tertiary/aromatic N) is 1. The number of rotatable bonds is 7. The number of hydrogen-bond acceptors (Lipinski definition) is 5. The number of aromatic nitrogens is 1. The van der Waals surface area contributed by atoms with Gasteiger partial charge in [0.15, 0.2) is 0 Å². The highest BCUT2D eigenvalue weighted by molar-refractivity contribution is 5.53. The van der Waals surface area contributed by atoms with Gasteiger partial charge in [-0.05, 0) is 52.2 Å². The molecule has 0 aromatic carbocycles. The molecule has 19 heavy (non-hydrogen) atoms. The van der Waals surface area contributed by atoms with Crippen molar-refractivity contribution in [3.63, 3.8) is 0 Å². The first-order chi connectivity index (χ1) is 8.92. The molecule has 4 N–H and O–H groups in total. The molecule has 0 aliphatic carbocycles. The van der Waals surface area contributed by atoms with E-state index >= 15 is 0 Å². The zero-order valence-corrected chi connectivity index (χ0v) is 12.1. The van der Waals surface area contributed by atoms with E-state index in [2.05, 4.69) is 10.3 Å². The fourth-order valence-electron chi connectivity index (χ4n) is 1.55. The van der Waals surface area contributed by atoms with Crippen molar-refractivity contribution >= 4 is 11.5 Å². The first-order valence-corrected chi connectivity index (χ1v) is 6.72. The minimum atomic E-state index is -0.319. The molecule has 1 aromatic rings. The Kier molecular flexibility index (Phi) is 5.89. The van der Waals surface area contributed by atoms with Gasteiger partial charge in [-0.1, -0.05) is 0 Å². The zero-order chi connectivity index (χ0) is 14.3. The van der Waals surface area contributed by atoms with Crippen molar-refractivity contribution in [2.45, 2.75) is 45.6 Å². The Morgan fingerprint density at radius 2 is 2.00 bits per heavy atom. The minimum Gasteiger partial charge on any atom is -0.470 e. The highest BCUT2D eigenvalue weighted by Gasteiger charge is 2.15. The van der Waals surface area contributed by atoms with Crippen LogP contribution < -0.4 is 15.8 Å². The molecule has 1 rings (SSSR count). The van der Waals surface area contributed by atoms with Crippen LogP contribution in [0, 0.1) is 0 Å². The van der Waals surface area contributed by atoms with Crippen molar-refractivity contribution in [3.8, 4) is 5.88 Å². The Balaban J connectivity index is 2.53. The predicted octanol–water partition coefficient (Wildman–Crippen LogP) is 2.42. The smallest absolute Gasteiger partial charge is 0.239 e. The van der Waals surface area contributed by atoms with E-state index in [-0.39, 0.29) is 12.2 Å². The maximum absolute atomic E-state index is 8.69. The van der Waals surface area contributed by atoms with Crippen LogP contribution >= 0.6 is 0 Å². The zero-order valence-electron chi connectivity index (χ0n) is 12.1. The van der Waals surface area contributed by atoms with Crippen molar-refractivity contribution in [2.75, 3.05) is 24.2 Å². The van der Waals surface area contributed by atoms with Gasteiger partial charge < -0.3 is 20.9 Å². The van der Waals surface area contributed by atoms with Crippen LogP contribution in [0.4, 0.5) is 11.5 Å². The maximum Gasteiger partial charge on any atom is 0.239 e. The summed E-state index contributed by atoms with van der Waals surface area (Å²) in [5, 5.41) is 11.9. The normalized spacial score (nSPS) is 11.4. The van der Waals surface area contributed by atoms with E-state index in [1.165, 1.54) is 0 Å². The number of nitrogen functional groups attached to an aromatic ring is 1. The van der Waals surface area contributed by atoms with Crippen LogP contribution in [0.3, 0.4) is 0 Å². The molecule has 0 atom stereocenters. The van der Waals surface area contributed by atoms with Gasteiger partial charge in [0.1, 0.15) is 11.4 Å². The third-order valence-corrected chi connectivity index (χ3v) is 2.43. The summed E-state index contributed by atoms with van der Waals surface area (Å²) in [7, 11) is 0. The first-order valence-electron chi connectivity index (χ1n) is 6.72. The van der Waals surface area contributed by atoms with Crippen molar-refractivity contribution in [1.82, 2.24) is 4.98 Å². The van der Waals surface area contributed by atoms with Crippen LogP contribution in [-0.4, -0.2) is 28.8 Å². The van der Waals surface area contributed by atoms with Crippen LogP contribution in [0.5, 0.6) is 5.88 Å². The molecule has 0 radical (unpaired) electrons. The SMILES string of the molecule is CC(C)(C)Oc1nc(NCCCCCO)ccc1N. The molecular weight excluding hydrogens is 242 g/mol. The third kappa shape index (κ3) is 6.29.